The third-order valence-electron chi connectivity index (χ3n) is 2.94. The molecule has 0 aromatic heterocycles. The lowest BCUT2D eigenvalue weighted by Gasteiger charge is -2.33. The number of ether oxygens (including phenoxy) is 1. The van der Waals surface area contributed by atoms with Crippen molar-refractivity contribution in [2.45, 2.75) is 19.4 Å². The van der Waals surface area contributed by atoms with Gasteiger partial charge in [0.05, 0.1) is 12.7 Å². The summed E-state index contributed by atoms with van der Waals surface area (Å²) in [7, 11) is 0. The minimum Gasteiger partial charge on any atom is -0.371 e. The Balaban J connectivity index is 2.07. The van der Waals surface area contributed by atoms with Crippen molar-refractivity contribution in [3.63, 3.8) is 0 Å². The van der Waals surface area contributed by atoms with Crippen molar-refractivity contribution in [3.8, 4) is 0 Å². The first-order valence-electron chi connectivity index (χ1n) is 5.89. The van der Waals surface area contributed by atoms with Gasteiger partial charge in [0.1, 0.15) is 0 Å². The van der Waals surface area contributed by atoms with Gasteiger partial charge in [-0.3, -0.25) is 4.90 Å². The molecule has 0 bridgehead atoms. The van der Waals surface area contributed by atoms with Gasteiger partial charge in [-0.1, -0.05) is 36.7 Å². The Hall–Kier alpha value is -0.570. The van der Waals surface area contributed by atoms with E-state index in [2.05, 4.69) is 17.9 Å². The molecule has 0 aliphatic carbocycles. The second-order valence-electron chi connectivity index (χ2n) is 4.18. The highest BCUT2D eigenvalue weighted by molar-refractivity contribution is 6.31. The topological polar surface area (TPSA) is 12.5 Å². The van der Waals surface area contributed by atoms with Crippen LogP contribution in [0.1, 0.15) is 25.0 Å². The lowest BCUT2D eigenvalue weighted by molar-refractivity contribution is -0.0298. The maximum Gasteiger partial charge on any atom is 0.0966 e. The molecule has 1 aliphatic heterocycles. The number of hydrogen-bond donors (Lipinski definition) is 0. The van der Waals surface area contributed by atoms with Gasteiger partial charge >= 0.3 is 0 Å². The van der Waals surface area contributed by atoms with E-state index < -0.39 is 0 Å². The highest BCUT2D eigenvalue weighted by Gasteiger charge is 2.22. The molecule has 1 fully saturated rings. The van der Waals surface area contributed by atoms with Crippen LogP contribution < -0.4 is 0 Å². The molecule has 1 heterocycles. The van der Waals surface area contributed by atoms with Gasteiger partial charge in [0.2, 0.25) is 0 Å². The molecule has 1 saturated heterocycles. The van der Waals surface area contributed by atoms with Crippen molar-refractivity contribution in [2.75, 3.05) is 26.2 Å². The predicted molar refractivity (Wildman–Crippen MR) is 66.9 cm³/mol. The molecule has 16 heavy (non-hydrogen) atoms. The summed E-state index contributed by atoms with van der Waals surface area (Å²) < 4.78 is 5.80. The Kier molecular flexibility index (Phi) is 4.22. The second-order valence-corrected chi connectivity index (χ2v) is 4.59. The van der Waals surface area contributed by atoms with Crippen LogP contribution in [0.3, 0.4) is 0 Å². The van der Waals surface area contributed by atoms with Crippen LogP contribution in [0.15, 0.2) is 24.3 Å². The molecule has 1 aromatic carbocycles. The summed E-state index contributed by atoms with van der Waals surface area (Å²) in [5.41, 5.74) is 1.12. The number of hydrogen-bond acceptors (Lipinski definition) is 2. The maximum atomic E-state index is 6.18. The van der Waals surface area contributed by atoms with Crippen molar-refractivity contribution in [2.24, 2.45) is 0 Å². The summed E-state index contributed by atoms with van der Waals surface area (Å²) in [4.78, 5) is 2.44. The Bertz CT molecular complexity index is 340. The Morgan fingerprint density at radius 2 is 2.25 bits per heavy atom. The van der Waals surface area contributed by atoms with Crippen LogP contribution in [0.2, 0.25) is 5.02 Å². The first kappa shape index (κ1) is 11.9. The Morgan fingerprint density at radius 3 is 3.00 bits per heavy atom. The molecule has 1 aliphatic rings. The van der Waals surface area contributed by atoms with E-state index in [1.807, 2.05) is 18.2 Å². The van der Waals surface area contributed by atoms with E-state index in [4.69, 9.17) is 16.3 Å². The summed E-state index contributed by atoms with van der Waals surface area (Å²) in [5.74, 6) is 0. The van der Waals surface area contributed by atoms with Gasteiger partial charge in [-0.25, -0.2) is 0 Å². The van der Waals surface area contributed by atoms with Crippen molar-refractivity contribution in [1.29, 1.82) is 0 Å². The van der Waals surface area contributed by atoms with E-state index in [0.717, 1.165) is 36.8 Å². The summed E-state index contributed by atoms with van der Waals surface area (Å²) in [5, 5.41) is 0.811. The molecular formula is C13H18ClNO. The zero-order valence-corrected chi connectivity index (χ0v) is 10.4. The third-order valence-corrected chi connectivity index (χ3v) is 3.29. The van der Waals surface area contributed by atoms with Gasteiger partial charge in [0, 0.05) is 23.7 Å². The predicted octanol–water partition coefficient (Wildman–Crippen LogP) is 3.12. The van der Waals surface area contributed by atoms with Gasteiger partial charge in [0.25, 0.3) is 0 Å². The van der Waals surface area contributed by atoms with E-state index in [1.165, 1.54) is 6.42 Å². The monoisotopic (exact) mass is 239 g/mol. The Labute approximate surface area is 102 Å². The SMILES string of the molecule is CCCN1CCOC(c2ccccc2Cl)C1. The van der Waals surface area contributed by atoms with E-state index in [1.54, 1.807) is 0 Å². The summed E-state index contributed by atoms with van der Waals surface area (Å²) >= 11 is 6.18. The molecule has 0 amide bonds. The largest absolute Gasteiger partial charge is 0.371 e. The quantitative estimate of drug-likeness (QED) is 0.804. The average Bonchev–Trinajstić information content (AvgIpc) is 2.30. The minimum atomic E-state index is 0.133. The van der Waals surface area contributed by atoms with Crippen molar-refractivity contribution < 1.29 is 4.74 Å². The van der Waals surface area contributed by atoms with Crippen LogP contribution in [0.4, 0.5) is 0 Å². The van der Waals surface area contributed by atoms with Crippen LogP contribution in [-0.2, 0) is 4.74 Å². The normalized spacial score (nSPS) is 22.2. The number of rotatable bonds is 3. The maximum absolute atomic E-state index is 6.18. The lowest BCUT2D eigenvalue weighted by atomic mass is 10.1. The van der Waals surface area contributed by atoms with Crippen molar-refractivity contribution in [1.82, 2.24) is 4.90 Å². The van der Waals surface area contributed by atoms with Crippen molar-refractivity contribution in [3.05, 3.63) is 34.9 Å². The fraction of sp³-hybridized carbons (Fsp3) is 0.538. The minimum absolute atomic E-state index is 0.133. The molecule has 88 valence electrons. The van der Waals surface area contributed by atoms with Crippen molar-refractivity contribution >= 4 is 11.6 Å². The van der Waals surface area contributed by atoms with Gasteiger partial charge in [0.15, 0.2) is 0 Å². The zero-order chi connectivity index (χ0) is 11.4. The van der Waals surface area contributed by atoms with Gasteiger partial charge in [-0.15, -0.1) is 0 Å². The smallest absolute Gasteiger partial charge is 0.0966 e. The van der Waals surface area contributed by atoms with Crippen LogP contribution in [-0.4, -0.2) is 31.1 Å². The average molecular weight is 240 g/mol. The fourth-order valence-corrected chi connectivity index (χ4v) is 2.40. The molecule has 0 saturated carbocycles. The molecule has 0 N–H and O–H groups in total. The molecule has 2 rings (SSSR count). The zero-order valence-electron chi connectivity index (χ0n) is 9.66. The van der Waals surface area contributed by atoms with Gasteiger partial charge in [-0.05, 0) is 19.0 Å². The standard InChI is InChI=1S/C13H18ClNO/c1-2-7-15-8-9-16-13(10-15)11-5-3-4-6-12(11)14/h3-6,13H,2,7-10H2,1H3. The van der Waals surface area contributed by atoms with Crippen LogP contribution in [0.25, 0.3) is 0 Å². The van der Waals surface area contributed by atoms with Gasteiger partial charge in [-0.2, -0.15) is 0 Å². The van der Waals surface area contributed by atoms with Gasteiger partial charge < -0.3 is 4.74 Å². The fourth-order valence-electron chi connectivity index (χ4n) is 2.15. The van der Waals surface area contributed by atoms with Crippen LogP contribution >= 0.6 is 11.6 Å². The number of morpholine rings is 1. The van der Waals surface area contributed by atoms with E-state index >= 15 is 0 Å². The summed E-state index contributed by atoms with van der Waals surface area (Å²) in [6.07, 6.45) is 1.32. The van der Waals surface area contributed by atoms with Crippen LogP contribution in [0.5, 0.6) is 0 Å². The first-order chi connectivity index (χ1) is 7.81. The molecular weight excluding hydrogens is 222 g/mol. The second kappa shape index (κ2) is 5.67. The van der Waals surface area contributed by atoms with E-state index in [9.17, 15) is 0 Å². The molecule has 1 aromatic rings. The van der Waals surface area contributed by atoms with Crippen LogP contribution in [0, 0.1) is 0 Å². The molecule has 2 nitrogen and oxygen atoms in total. The summed E-state index contributed by atoms with van der Waals surface area (Å²) in [6.45, 7) is 6.15. The van der Waals surface area contributed by atoms with E-state index in [-0.39, 0.29) is 6.10 Å². The highest BCUT2D eigenvalue weighted by atomic mass is 35.5. The number of nitrogens with zero attached hydrogens (tertiary/aromatic N) is 1. The number of benzene rings is 1. The summed E-state index contributed by atoms with van der Waals surface area (Å²) in [6, 6.07) is 7.96. The number of halogens is 1. The van der Waals surface area contributed by atoms with E-state index in [0.29, 0.717) is 0 Å². The molecule has 0 spiro atoms. The molecule has 0 radical (unpaired) electrons. The first-order valence-corrected chi connectivity index (χ1v) is 6.27. The Morgan fingerprint density at radius 1 is 1.44 bits per heavy atom. The third kappa shape index (κ3) is 2.76. The molecule has 3 heteroatoms. The molecule has 1 atom stereocenters. The lowest BCUT2D eigenvalue weighted by Crippen LogP contribution is -2.38. The molecule has 1 unspecified atom stereocenters. The highest BCUT2D eigenvalue weighted by Crippen LogP contribution is 2.28.